The van der Waals surface area contributed by atoms with Crippen molar-refractivity contribution in [2.45, 2.75) is 18.7 Å². The Morgan fingerprint density at radius 2 is 1.71 bits per heavy atom. The van der Waals surface area contributed by atoms with E-state index in [1.807, 2.05) is 11.6 Å². The summed E-state index contributed by atoms with van der Waals surface area (Å²) in [6, 6.07) is 8.89. The van der Waals surface area contributed by atoms with Crippen molar-refractivity contribution in [1.82, 2.24) is 4.72 Å². The largest absolute Gasteiger partial charge is 0.333 e. The molecular formula is C15H15N3O5S. The SMILES string of the molecule is Cc1ccc(S(=O)(=O)NC(=O)Nc2cc([N+](=O)[O-])ccc2C)cc1. The fourth-order valence-corrected chi connectivity index (χ4v) is 2.81. The Kier molecular flexibility index (Phi) is 4.84. The van der Waals surface area contributed by atoms with Gasteiger partial charge in [0.1, 0.15) is 0 Å². The molecule has 9 heteroatoms. The van der Waals surface area contributed by atoms with Crippen LogP contribution in [0.1, 0.15) is 11.1 Å². The van der Waals surface area contributed by atoms with E-state index in [1.165, 1.54) is 24.3 Å². The van der Waals surface area contributed by atoms with Crippen LogP contribution in [-0.4, -0.2) is 19.4 Å². The number of rotatable bonds is 4. The molecule has 0 radical (unpaired) electrons. The highest BCUT2D eigenvalue weighted by atomic mass is 32.2. The molecule has 2 rings (SSSR count). The highest BCUT2D eigenvalue weighted by Crippen LogP contribution is 2.21. The van der Waals surface area contributed by atoms with Crippen molar-refractivity contribution in [3.8, 4) is 0 Å². The Bertz CT molecular complexity index is 892. The van der Waals surface area contributed by atoms with Crippen LogP contribution in [0.4, 0.5) is 16.2 Å². The van der Waals surface area contributed by atoms with Crippen LogP contribution in [0.5, 0.6) is 0 Å². The van der Waals surface area contributed by atoms with Gasteiger partial charge in [-0.1, -0.05) is 23.8 Å². The van der Waals surface area contributed by atoms with Crippen molar-refractivity contribution in [3.05, 3.63) is 63.7 Å². The number of non-ortho nitro benzene ring substituents is 1. The van der Waals surface area contributed by atoms with Gasteiger partial charge in [0.15, 0.2) is 0 Å². The van der Waals surface area contributed by atoms with Gasteiger partial charge in [-0.3, -0.25) is 10.1 Å². The lowest BCUT2D eigenvalue weighted by Gasteiger charge is -2.10. The fourth-order valence-electron chi connectivity index (χ4n) is 1.90. The number of nitro benzene ring substituents is 1. The number of carbonyl (C=O) groups is 1. The summed E-state index contributed by atoms with van der Waals surface area (Å²) in [5.74, 6) is 0. The van der Waals surface area contributed by atoms with E-state index in [9.17, 15) is 23.3 Å². The number of nitrogens with zero attached hydrogens (tertiary/aromatic N) is 1. The van der Waals surface area contributed by atoms with E-state index < -0.39 is 21.0 Å². The molecule has 8 nitrogen and oxygen atoms in total. The van der Waals surface area contributed by atoms with Crippen LogP contribution in [0.2, 0.25) is 0 Å². The minimum Gasteiger partial charge on any atom is -0.307 e. The van der Waals surface area contributed by atoms with Crippen molar-refractivity contribution < 1.29 is 18.1 Å². The third-order valence-corrected chi connectivity index (χ3v) is 4.59. The lowest BCUT2D eigenvalue weighted by molar-refractivity contribution is -0.384. The standard InChI is InChI=1S/C15H15N3O5S/c1-10-3-7-13(8-4-10)24(22,23)17-15(19)16-14-9-12(18(20)21)6-5-11(14)2/h3-9H,1-2H3,(H2,16,17,19). The number of urea groups is 1. The van der Waals surface area contributed by atoms with Crippen molar-refractivity contribution >= 4 is 27.4 Å². The average molecular weight is 349 g/mol. The topological polar surface area (TPSA) is 118 Å². The van der Waals surface area contributed by atoms with Crippen LogP contribution in [0.15, 0.2) is 47.4 Å². The van der Waals surface area contributed by atoms with Crippen molar-refractivity contribution in [2.75, 3.05) is 5.32 Å². The van der Waals surface area contributed by atoms with E-state index in [-0.39, 0.29) is 16.3 Å². The zero-order chi connectivity index (χ0) is 17.9. The van der Waals surface area contributed by atoms with Gasteiger partial charge in [0.2, 0.25) is 0 Å². The molecule has 0 atom stereocenters. The van der Waals surface area contributed by atoms with E-state index in [0.29, 0.717) is 5.56 Å². The van der Waals surface area contributed by atoms with E-state index in [2.05, 4.69) is 5.32 Å². The number of sulfonamides is 1. The molecule has 126 valence electrons. The minimum absolute atomic E-state index is 0.0565. The van der Waals surface area contributed by atoms with Gasteiger partial charge >= 0.3 is 6.03 Å². The molecule has 2 aromatic rings. The molecule has 0 heterocycles. The number of anilines is 1. The predicted octanol–water partition coefficient (Wildman–Crippen LogP) is 2.72. The van der Waals surface area contributed by atoms with Gasteiger partial charge in [-0.2, -0.15) is 0 Å². The van der Waals surface area contributed by atoms with Gasteiger partial charge in [-0.05, 0) is 31.5 Å². The second-order valence-corrected chi connectivity index (χ2v) is 6.81. The fraction of sp³-hybridized carbons (Fsp3) is 0.133. The van der Waals surface area contributed by atoms with Gasteiger partial charge in [0.25, 0.3) is 15.7 Å². The van der Waals surface area contributed by atoms with Gasteiger partial charge in [0, 0.05) is 12.1 Å². The molecule has 2 N–H and O–H groups in total. The van der Waals surface area contributed by atoms with E-state index >= 15 is 0 Å². The quantitative estimate of drug-likeness (QED) is 0.650. The summed E-state index contributed by atoms with van der Waals surface area (Å²) in [5, 5.41) is 13.1. The number of amides is 2. The zero-order valence-corrected chi connectivity index (χ0v) is 13.8. The van der Waals surface area contributed by atoms with Gasteiger partial charge < -0.3 is 5.32 Å². The summed E-state index contributed by atoms with van der Waals surface area (Å²) in [6.07, 6.45) is 0. The molecule has 0 saturated heterocycles. The molecule has 0 saturated carbocycles. The first-order valence-corrected chi connectivity index (χ1v) is 8.33. The summed E-state index contributed by atoms with van der Waals surface area (Å²) >= 11 is 0. The average Bonchev–Trinajstić information content (AvgIpc) is 2.49. The van der Waals surface area contributed by atoms with Crippen LogP contribution < -0.4 is 10.0 Å². The Morgan fingerprint density at radius 1 is 1.08 bits per heavy atom. The van der Waals surface area contributed by atoms with Crippen molar-refractivity contribution in [1.29, 1.82) is 0 Å². The molecule has 24 heavy (non-hydrogen) atoms. The molecule has 2 amide bonds. The zero-order valence-electron chi connectivity index (χ0n) is 12.9. The molecule has 0 spiro atoms. The maximum Gasteiger partial charge on any atom is 0.333 e. The smallest absolute Gasteiger partial charge is 0.307 e. The number of nitrogens with one attached hydrogen (secondary N) is 2. The monoisotopic (exact) mass is 349 g/mol. The number of nitro groups is 1. The normalized spacial score (nSPS) is 10.9. The number of benzene rings is 2. The lowest BCUT2D eigenvalue weighted by Crippen LogP contribution is -2.34. The number of aryl methyl sites for hydroxylation is 2. The summed E-state index contributed by atoms with van der Waals surface area (Å²) in [4.78, 5) is 22.0. The third-order valence-electron chi connectivity index (χ3n) is 3.24. The second kappa shape index (κ2) is 6.67. The number of hydrogen-bond acceptors (Lipinski definition) is 5. The Hall–Kier alpha value is -2.94. The molecule has 0 aromatic heterocycles. The first kappa shape index (κ1) is 17.4. The van der Waals surface area contributed by atoms with E-state index in [4.69, 9.17) is 0 Å². The van der Waals surface area contributed by atoms with Crippen LogP contribution in [-0.2, 0) is 10.0 Å². The highest BCUT2D eigenvalue weighted by Gasteiger charge is 2.18. The third kappa shape index (κ3) is 4.07. The maximum absolute atomic E-state index is 12.1. The summed E-state index contributed by atoms with van der Waals surface area (Å²) in [5.41, 5.74) is 1.38. The van der Waals surface area contributed by atoms with Gasteiger partial charge in [-0.15, -0.1) is 0 Å². The molecule has 0 aliphatic carbocycles. The van der Waals surface area contributed by atoms with E-state index in [1.54, 1.807) is 19.1 Å². The van der Waals surface area contributed by atoms with Gasteiger partial charge in [0.05, 0.1) is 15.5 Å². The van der Waals surface area contributed by atoms with Crippen LogP contribution >= 0.6 is 0 Å². The molecule has 0 aliphatic heterocycles. The maximum atomic E-state index is 12.1. The van der Waals surface area contributed by atoms with Gasteiger partial charge in [-0.25, -0.2) is 17.9 Å². The Balaban J connectivity index is 2.17. The van der Waals surface area contributed by atoms with Crippen molar-refractivity contribution in [3.63, 3.8) is 0 Å². The Morgan fingerprint density at radius 3 is 2.29 bits per heavy atom. The molecule has 0 aliphatic rings. The van der Waals surface area contributed by atoms with Crippen LogP contribution in [0, 0.1) is 24.0 Å². The second-order valence-electron chi connectivity index (χ2n) is 5.13. The first-order valence-electron chi connectivity index (χ1n) is 6.84. The Labute approximate surface area is 138 Å². The van der Waals surface area contributed by atoms with Crippen LogP contribution in [0.3, 0.4) is 0 Å². The molecule has 0 unspecified atom stereocenters. The van der Waals surface area contributed by atoms with E-state index in [0.717, 1.165) is 11.6 Å². The number of hydrogen-bond donors (Lipinski definition) is 2. The summed E-state index contributed by atoms with van der Waals surface area (Å²) in [6.45, 7) is 3.44. The lowest BCUT2D eigenvalue weighted by atomic mass is 10.2. The summed E-state index contributed by atoms with van der Waals surface area (Å²) < 4.78 is 26.1. The van der Waals surface area contributed by atoms with Crippen LogP contribution in [0.25, 0.3) is 0 Å². The molecule has 0 bridgehead atoms. The molecule has 2 aromatic carbocycles. The molecule has 0 fully saturated rings. The minimum atomic E-state index is -4.03. The predicted molar refractivity (Wildman–Crippen MR) is 88.4 cm³/mol. The first-order chi connectivity index (χ1) is 11.2. The number of carbonyl (C=O) groups excluding carboxylic acids is 1. The highest BCUT2D eigenvalue weighted by molar-refractivity contribution is 7.90. The van der Waals surface area contributed by atoms with Crippen molar-refractivity contribution in [2.24, 2.45) is 0 Å². The molecular weight excluding hydrogens is 334 g/mol. The summed E-state index contributed by atoms with van der Waals surface area (Å²) in [7, 11) is -4.03.